The minimum atomic E-state index is -1.29. The summed E-state index contributed by atoms with van der Waals surface area (Å²) in [5.41, 5.74) is 34.0. The Balaban J connectivity index is 0.000000694. The van der Waals surface area contributed by atoms with Gasteiger partial charge in [0, 0.05) is 116 Å². The molecule has 0 heterocycles. The Bertz CT molecular complexity index is 3760. The van der Waals surface area contributed by atoms with Gasteiger partial charge in [0.15, 0.2) is 21.1 Å². The van der Waals surface area contributed by atoms with Gasteiger partial charge in [-0.2, -0.15) is 0 Å². The van der Waals surface area contributed by atoms with Gasteiger partial charge in [0.05, 0.1) is 9.79 Å². The van der Waals surface area contributed by atoms with Gasteiger partial charge in [-0.25, -0.2) is 4.79 Å². The maximum atomic E-state index is 12.4. The number of benzene rings is 4. The first-order valence-electron chi connectivity index (χ1n) is 28.2. The number of halogens is 1. The van der Waals surface area contributed by atoms with Gasteiger partial charge in [-0.3, -0.25) is 62.3 Å². The maximum absolute atomic E-state index is 12.4. The summed E-state index contributed by atoms with van der Waals surface area (Å²) < 4.78 is 2.08. The Hall–Kier alpha value is -9.69. The minimum absolute atomic E-state index is 0.0334. The first-order chi connectivity index (χ1) is 46.1. The molecular formula is C58H74IN14O22S4+3. The van der Waals surface area contributed by atoms with Crippen molar-refractivity contribution < 1.29 is 107 Å². The number of nitrogens with zero attached hydrogens (tertiary/aromatic N) is 3. The van der Waals surface area contributed by atoms with E-state index in [-0.39, 0.29) is 82.6 Å². The van der Waals surface area contributed by atoms with Gasteiger partial charge < -0.3 is 86.5 Å². The Labute approximate surface area is 594 Å². The average Bonchev–Trinajstić information content (AvgIpc) is 0.841. The van der Waals surface area contributed by atoms with Gasteiger partial charge >= 0.3 is 29.8 Å². The molecule has 536 valence electrons. The summed E-state index contributed by atoms with van der Waals surface area (Å²) in [6, 6.07) is 10.7. The van der Waals surface area contributed by atoms with Crippen LogP contribution in [-0.2, 0) is 47.9 Å². The van der Waals surface area contributed by atoms with Crippen molar-refractivity contribution in [3.05, 3.63) is 113 Å². The second-order valence-corrected chi connectivity index (χ2v) is 25.4. The van der Waals surface area contributed by atoms with Crippen LogP contribution in [0.25, 0.3) is 0 Å². The molecule has 4 aromatic rings. The lowest BCUT2D eigenvalue weighted by Crippen LogP contribution is -2.49. The van der Waals surface area contributed by atoms with E-state index in [9.17, 15) is 81.8 Å². The zero-order valence-electron chi connectivity index (χ0n) is 53.6. The summed E-state index contributed by atoms with van der Waals surface area (Å²) in [7, 11) is 3.70. The molecule has 22 N–H and O–H groups in total. The Kier molecular flexibility index (Phi) is 38.4. The van der Waals surface area contributed by atoms with E-state index in [4.69, 9.17) is 59.9 Å². The zero-order chi connectivity index (χ0) is 75.7. The number of carbonyl (C=O) groups is 14. The number of carbonyl (C=O) groups excluding carboxylic acids is 9. The molecule has 0 saturated carbocycles. The highest BCUT2D eigenvalue weighted by Crippen LogP contribution is 2.34. The van der Waals surface area contributed by atoms with Crippen LogP contribution in [0.2, 0.25) is 0 Å². The molecule has 99 heavy (non-hydrogen) atoms. The molecule has 9 amide bonds. The quantitative estimate of drug-likeness (QED) is 0.0170. The normalized spacial score (nSPS) is 11.8. The monoisotopic (exact) mass is 1570 g/mol. The predicted octanol–water partition coefficient (Wildman–Crippen LogP) is 0.519. The fraction of sp³-hybridized carbons (Fsp3) is 0.345. The van der Waals surface area contributed by atoms with Gasteiger partial charge in [0.25, 0.3) is 17.1 Å². The standard InChI is InChI=1S/C18H22IN5O8S.C18H23N5O8S.C13H15N3O5S.C9H11NOS/c1-24(32)11-4-8(16(21)28)5-12(15(11)19)33-7-10(17(29)22-6-14(26)27)23-13(25)3-2-9(20)18(30)31;1-23(31)12-6-9(16(20)27)2-4-13(12)32-8-11(17(28)21-7-15(25)26)22-14(24)5-3-10(19)18(29)30;1-7(17)15-9(13(19)20)6-22-11-4-3-8(12(14)18)5-10(11)16(2)21;1-6-5-7(9(10)11)3-4-8(6)12-2/h4-5,9-10H,2-3,6-7,20H2,1H3,(H5-,21,22,23,25,26,27,28,29,30,31);2,4,6,10-11H,3,5,7-8,19H2,1H3,(H5-,20,21,22,24,25,26,27,28,29,30);3-5,9H,6H2,1-2H3,(H3-,14,15,17,18,19,20);3-5H,1-2H3,(H2,10,11)/p+3. The number of aliphatic carboxylic acids is 5. The second kappa shape index (κ2) is 43.6. The molecule has 0 fully saturated rings. The van der Waals surface area contributed by atoms with Gasteiger partial charge in [0.1, 0.15) is 46.9 Å². The third-order valence-corrected chi connectivity index (χ3v) is 18.4. The first-order valence-corrected chi connectivity index (χ1v) is 33.5. The van der Waals surface area contributed by atoms with Crippen molar-refractivity contribution in [2.24, 2.45) is 34.4 Å². The number of nitrogens with one attached hydrogen (secondary N) is 5. The molecule has 0 aromatic heterocycles. The van der Waals surface area contributed by atoms with Gasteiger partial charge in [-0.05, 0) is 103 Å². The van der Waals surface area contributed by atoms with Crippen LogP contribution in [0.4, 0.5) is 17.1 Å². The number of rotatable bonds is 35. The van der Waals surface area contributed by atoms with Crippen molar-refractivity contribution in [1.82, 2.24) is 26.6 Å². The van der Waals surface area contributed by atoms with E-state index in [1.165, 1.54) is 81.5 Å². The van der Waals surface area contributed by atoms with Crippen LogP contribution >= 0.6 is 69.6 Å². The molecule has 0 aliphatic carbocycles. The van der Waals surface area contributed by atoms with Crippen LogP contribution in [0.15, 0.2) is 86.3 Å². The smallest absolute Gasteiger partial charge is 0.327 e. The van der Waals surface area contributed by atoms with Crippen LogP contribution in [0.5, 0.6) is 0 Å². The molecule has 5 unspecified atom stereocenters. The van der Waals surface area contributed by atoms with Crippen molar-refractivity contribution in [1.29, 1.82) is 0 Å². The van der Waals surface area contributed by atoms with Crippen molar-refractivity contribution in [2.45, 2.75) is 89.3 Å². The number of carboxylic acid groups (broad SMARTS) is 5. The van der Waals surface area contributed by atoms with Gasteiger partial charge in [-0.15, -0.1) is 47.0 Å². The lowest BCUT2D eigenvalue weighted by Gasteiger charge is -2.18. The second-order valence-electron chi connectivity index (χ2n) is 20.3. The summed E-state index contributed by atoms with van der Waals surface area (Å²) in [5, 5.41) is 55.6. The first kappa shape index (κ1) is 87.3. The number of aryl methyl sites for hydroxylation is 1. The van der Waals surface area contributed by atoms with Crippen molar-refractivity contribution in [2.75, 3.05) is 57.7 Å². The highest BCUT2D eigenvalue weighted by Gasteiger charge is 2.29. The summed E-state index contributed by atoms with van der Waals surface area (Å²) in [4.78, 5) is 197. The number of carboxylic acids is 5. The predicted molar refractivity (Wildman–Crippen MR) is 369 cm³/mol. The molecule has 0 spiro atoms. The molecule has 36 nitrogen and oxygen atoms in total. The average molecular weight is 1570 g/mol. The third-order valence-electron chi connectivity index (χ3n) is 12.5. The van der Waals surface area contributed by atoms with Crippen LogP contribution < -0.4 is 61.0 Å². The summed E-state index contributed by atoms with van der Waals surface area (Å²) in [5.74, 6) is -12.4. The fourth-order valence-corrected chi connectivity index (χ4v) is 12.3. The number of nitroso groups, excluding NO2 is 3. The lowest BCUT2D eigenvalue weighted by atomic mass is 10.1. The van der Waals surface area contributed by atoms with E-state index in [0.29, 0.717) is 38.1 Å². The van der Waals surface area contributed by atoms with Crippen LogP contribution in [0.3, 0.4) is 0 Å². The number of nitrogens with two attached hydrogens (primary N) is 6. The highest BCUT2D eigenvalue weighted by atomic mass is 127. The molecule has 0 radical (unpaired) electrons. The molecular weight excluding hydrogens is 1500 g/mol. The van der Waals surface area contributed by atoms with Crippen molar-refractivity contribution in [3.8, 4) is 0 Å². The number of hydrogen-bond donors (Lipinski definition) is 16. The number of primary amides is 4. The topological polar surface area (TPSA) is 617 Å². The number of hydrogen-bond acceptors (Lipinski definition) is 23. The Morgan fingerprint density at radius 2 is 0.818 bits per heavy atom. The SMILES string of the molecule is CC(=O)NC(CSc1ccc(C(N)=O)cc1[N+](C)=O)C(=O)O.CSc1ccc(C(N)=O)cc1C.C[N+](=O)c1cc(C(N)=O)cc(SCC(NC(=O)CCC(N)C(=O)O)C(=O)NCC(=O)O)c1I.C[N+](=O)c1cc(C(N)=O)ccc1SCC(NC(=O)CCC(N)C(=O)O)C(=O)NCC(=O)O. The maximum Gasteiger partial charge on any atom is 0.327 e. The molecule has 0 saturated heterocycles. The Morgan fingerprint density at radius 3 is 1.13 bits per heavy atom. The molecule has 5 atom stereocenters. The van der Waals surface area contributed by atoms with E-state index in [2.05, 4.69) is 26.6 Å². The van der Waals surface area contributed by atoms with E-state index < -0.39 is 120 Å². The lowest BCUT2D eigenvalue weighted by molar-refractivity contribution is -0.431. The summed E-state index contributed by atoms with van der Waals surface area (Å²) in [6.07, 6.45) is 1.11. The van der Waals surface area contributed by atoms with Crippen LogP contribution in [-0.4, -0.2) is 211 Å². The van der Waals surface area contributed by atoms with Crippen LogP contribution in [0.1, 0.15) is 79.6 Å². The zero-order valence-corrected chi connectivity index (χ0v) is 59.0. The van der Waals surface area contributed by atoms with E-state index in [0.717, 1.165) is 40.8 Å². The van der Waals surface area contributed by atoms with E-state index >= 15 is 0 Å². The molecule has 41 heteroatoms. The summed E-state index contributed by atoms with van der Waals surface area (Å²) in [6.45, 7) is 1.83. The molecule has 0 aliphatic heterocycles. The van der Waals surface area contributed by atoms with Crippen molar-refractivity contribution in [3.63, 3.8) is 0 Å². The number of thioether (sulfide) groups is 4. The third kappa shape index (κ3) is 32.5. The molecule has 0 aliphatic rings. The Morgan fingerprint density at radius 1 is 0.475 bits per heavy atom. The van der Waals surface area contributed by atoms with E-state index in [1.54, 1.807) is 17.8 Å². The van der Waals surface area contributed by atoms with Gasteiger partial charge in [0.2, 0.25) is 53.2 Å². The van der Waals surface area contributed by atoms with E-state index in [1.807, 2.05) is 47.9 Å². The van der Waals surface area contributed by atoms with Crippen molar-refractivity contribution >= 4 is 170 Å². The molecule has 0 bridgehead atoms. The molecule has 4 aromatic carbocycles. The highest BCUT2D eigenvalue weighted by molar-refractivity contribution is 14.1. The minimum Gasteiger partial charge on any atom is -0.480 e. The largest absolute Gasteiger partial charge is 0.480 e. The number of amides is 9. The fourth-order valence-electron chi connectivity index (χ4n) is 7.40. The summed E-state index contributed by atoms with van der Waals surface area (Å²) >= 11 is 6.67. The van der Waals surface area contributed by atoms with Crippen LogP contribution in [0, 0.1) is 25.2 Å². The molecule has 4 rings (SSSR count). The van der Waals surface area contributed by atoms with Gasteiger partial charge in [-0.1, -0.05) is 0 Å².